The maximum Gasteiger partial charge on any atom is 0.345 e. The van der Waals surface area contributed by atoms with Gasteiger partial charge in [-0.15, -0.1) is 0 Å². The second-order valence-corrected chi connectivity index (χ2v) is 13.9. The third-order valence-electron chi connectivity index (χ3n) is 7.46. The maximum absolute atomic E-state index is 13.8. The monoisotopic (exact) mass is 615 g/mol. The minimum atomic E-state index is -2.34. The molecule has 0 aliphatic heterocycles. The zero-order valence-corrected chi connectivity index (χ0v) is 27.0. The Morgan fingerprint density at radius 2 is 1.11 bits per heavy atom. The van der Waals surface area contributed by atoms with E-state index in [9.17, 15) is 4.79 Å². The molecular weight excluding hydrogens is 571 g/mol. The average molecular weight is 616 g/mol. The molecule has 0 spiro atoms. The smallest absolute Gasteiger partial charge is 0.345 e. The number of esters is 1. The number of benzene rings is 4. The lowest BCUT2D eigenvalue weighted by Gasteiger charge is -2.29. The van der Waals surface area contributed by atoms with Gasteiger partial charge in [-0.3, -0.25) is 0 Å². The van der Waals surface area contributed by atoms with E-state index in [1.807, 2.05) is 99.6 Å². The average Bonchev–Trinajstić information content (AvgIpc) is 3.07. The quantitative estimate of drug-likeness (QED) is 0.0763. The van der Waals surface area contributed by atoms with Gasteiger partial charge in [0.05, 0.1) is 13.2 Å². The van der Waals surface area contributed by atoms with E-state index in [0.29, 0.717) is 31.8 Å². The lowest BCUT2D eigenvalue weighted by atomic mass is 10.1. The molecule has 4 rings (SSSR count). The van der Waals surface area contributed by atoms with E-state index in [4.69, 9.17) is 23.7 Å². The number of rotatable bonds is 17. The number of methoxy groups -OCH3 is 1. The highest BCUT2D eigenvalue weighted by molar-refractivity contribution is 7.96. The van der Waals surface area contributed by atoms with Gasteiger partial charge in [0, 0.05) is 13.2 Å². The molecule has 0 bridgehead atoms. The van der Waals surface area contributed by atoms with Crippen LogP contribution in [-0.4, -0.2) is 51.0 Å². The highest BCUT2D eigenvalue weighted by Gasteiger charge is 2.48. The van der Waals surface area contributed by atoms with Gasteiger partial charge in [-0.05, 0) is 94.3 Å². The van der Waals surface area contributed by atoms with Crippen LogP contribution in [0.15, 0.2) is 115 Å². The van der Waals surface area contributed by atoms with Crippen LogP contribution < -0.4 is 25.4 Å². The van der Waals surface area contributed by atoms with Gasteiger partial charge in [0.2, 0.25) is 0 Å². The van der Waals surface area contributed by atoms with Gasteiger partial charge in [-0.2, -0.15) is 0 Å². The Morgan fingerprint density at radius 1 is 0.659 bits per heavy atom. The van der Waals surface area contributed by atoms with E-state index >= 15 is 0 Å². The molecule has 0 saturated heterocycles. The molecule has 0 aliphatic rings. The highest BCUT2D eigenvalue weighted by Crippen LogP contribution is 2.55. The van der Waals surface area contributed by atoms with Crippen molar-refractivity contribution in [3.05, 3.63) is 115 Å². The summed E-state index contributed by atoms with van der Waals surface area (Å²) in [5.41, 5.74) is 0. The number of hydrogen-bond donors (Lipinski definition) is 0. The Morgan fingerprint density at radius 3 is 1.55 bits per heavy atom. The molecule has 4 aromatic rings. The van der Waals surface area contributed by atoms with Crippen molar-refractivity contribution in [2.24, 2.45) is 0 Å². The summed E-state index contributed by atoms with van der Waals surface area (Å²) in [7, 11) is -0.707. The molecule has 0 N–H and O–H groups in total. The highest BCUT2D eigenvalue weighted by atomic mass is 31.2. The molecule has 0 saturated carbocycles. The van der Waals surface area contributed by atoms with Crippen LogP contribution in [0.2, 0.25) is 0 Å². The minimum absolute atomic E-state index is 0.221. The van der Waals surface area contributed by atoms with E-state index in [0.717, 1.165) is 21.7 Å². The summed E-state index contributed by atoms with van der Waals surface area (Å²) >= 11 is 0. The number of carbonyl (C=O) groups excluding carboxylic acids is 1. The van der Waals surface area contributed by atoms with Crippen LogP contribution in [0.4, 0.5) is 0 Å². The van der Waals surface area contributed by atoms with Crippen LogP contribution in [0.5, 0.6) is 11.5 Å². The van der Waals surface area contributed by atoms with Crippen molar-refractivity contribution in [2.45, 2.75) is 52.1 Å². The van der Waals surface area contributed by atoms with Crippen LogP contribution in [0, 0.1) is 0 Å². The molecule has 0 radical (unpaired) electrons. The second kappa shape index (κ2) is 17.0. The zero-order chi connectivity index (χ0) is 31.2. The van der Waals surface area contributed by atoms with E-state index in [1.165, 1.54) is 0 Å². The number of carbonyl (C=O) groups is 1. The fourth-order valence-electron chi connectivity index (χ4n) is 5.35. The third kappa shape index (κ3) is 8.69. The van der Waals surface area contributed by atoms with Crippen molar-refractivity contribution < 1.29 is 28.5 Å². The van der Waals surface area contributed by atoms with Crippen LogP contribution in [0.3, 0.4) is 0 Å². The van der Waals surface area contributed by atoms with Crippen molar-refractivity contribution in [3.8, 4) is 11.5 Å². The summed E-state index contributed by atoms with van der Waals surface area (Å²) in [5, 5.41) is 3.43. The lowest BCUT2D eigenvalue weighted by Crippen LogP contribution is -2.38. The minimum Gasteiger partial charge on any atom is -0.497 e. The first-order valence-electron chi connectivity index (χ1n) is 15.3. The molecule has 0 amide bonds. The zero-order valence-electron chi connectivity index (χ0n) is 26.1. The first kappa shape index (κ1) is 33.2. The summed E-state index contributed by atoms with van der Waals surface area (Å²) in [5.74, 6) is 1.22. The van der Waals surface area contributed by atoms with E-state index in [2.05, 4.69) is 36.4 Å². The Hall–Kier alpha value is -3.70. The molecule has 0 fully saturated rings. The van der Waals surface area contributed by atoms with Gasteiger partial charge in [0.25, 0.3) is 0 Å². The van der Waals surface area contributed by atoms with Gasteiger partial charge >= 0.3 is 5.97 Å². The molecule has 0 aliphatic carbocycles. The van der Waals surface area contributed by atoms with Crippen LogP contribution in [0.1, 0.15) is 33.6 Å². The summed E-state index contributed by atoms with van der Waals surface area (Å²) in [4.78, 5) is 13.8. The van der Waals surface area contributed by atoms with Crippen LogP contribution >= 0.6 is 7.26 Å². The molecule has 0 aromatic heterocycles. The standard InChI is InChI=1S/C37H44O6P/c1-5-40-37(41-6-2)35(43-31-25-23-30(39-4)24-26-31)27-22-29(3)42-36(38)28-44(32-16-10-7-11-17-32,33-18-12-8-13-19-33)34-20-14-9-15-21-34/h7-21,23-26,29,35,37H,5-6,22,27-28H2,1-4H3/q+1/t29-,35+/m0/s1. The normalized spacial score (nSPS) is 12.8. The van der Waals surface area contributed by atoms with E-state index < -0.39 is 19.7 Å². The third-order valence-corrected chi connectivity index (χ3v) is 11.7. The Kier molecular flexibility index (Phi) is 12.8. The number of ether oxygens (including phenoxy) is 5. The first-order valence-corrected chi connectivity index (χ1v) is 17.3. The molecule has 44 heavy (non-hydrogen) atoms. The SMILES string of the molecule is CCOC(OCC)[C@@H](CC[C@H](C)OC(=O)C[P+](c1ccccc1)(c1ccccc1)c1ccccc1)Oc1ccc(OC)cc1. The van der Waals surface area contributed by atoms with Gasteiger partial charge < -0.3 is 23.7 Å². The van der Waals surface area contributed by atoms with Crippen molar-refractivity contribution in [1.82, 2.24) is 0 Å². The summed E-state index contributed by atoms with van der Waals surface area (Å²) in [6, 6.07) is 38.5. The molecule has 232 valence electrons. The van der Waals surface area contributed by atoms with Gasteiger partial charge in [0.1, 0.15) is 40.8 Å². The fraction of sp³-hybridized carbons (Fsp3) is 0.324. The fourth-order valence-corrected chi connectivity index (χ4v) is 9.30. The van der Waals surface area contributed by atoms with Crippen molar-refractivity contribution >= 4 is 29.1 Å². The molecule has 4 aromatic carbocycles. The Balaban J connectivity index is 1.53. The van der Waals surface area contributed by atoms with Gasteiger partial charge in [0.15, 0.2) is 12.5 Å². The molecule has 7 heteroatoms. The molecule has 0 unspecified atom stereocenters. The topological polar surface area (TPSA) is 63.2 Å². The van der Waals surface area contributed by atoms with Gasteiger partial charge in [-0.25, -0.2) is 4.79 Å². The van der Waals surface area contributed by atoms with Crippen molar-refractivity contribution in [1.29, 1.82) is 0 Å². The van der Waals surface area contributed by atoms with Crippen molar-refractivity contribution in [3.63, 3.8) is 0 Å². The molecule has 2 atom stereocenters. The summed E-state index contributed by atoms with van der Waals surface area (Å²) < 4.78 is 29.6. The lowest BCUT2D eigenvalue weighted by molar-refractivity contribution is -0.185. The Bertz CT molecular complexity index is 1280. The summed E-state index contributed by atoms with van der Waals surface area (Å²) in [6.45, 7) is 6.78. The summed E-state index contributed by atoms with van der Waals surface area (Å²) in [6.07, 6.45) is 0.134. The molecular formula is C37H44O6P+. The van der Waals surface area contributed by atoms with Crippen molar-refractivity contribution in [2.75, 3.05) is 26.5 Å². The predicted octanol–water partition coefficient (Wildman–Crippen LogP) is 6.55. The van der Waals surface area contributed by atoms with Gasteiger partial charge in [-0.1, -0.05) is 54.6 Å². The largest absolute Gasteiger partial charge is 0.497 e. The van der Waals surface area contributed by atoms with Crippen LogP contribution in [0.25, 0.3) is 0 Å². The predicted molar refractivity (Wildman–Crippen MR) is 179 cm³/mol. The Labute approximate surface area is 262 Å². The maximum atomic E-state index is 13.8. The first-order chi connectivity index (χ1) is 21.5. The molecule has 6 nitrogen and oxygen atoms in total. The second-order valence-electron chi connectivity index (χ2n) is 10.5. The number of hydrogen-bond acceptors (Lipinski definition) is 6. The molecule has 0 heterocycles. The van der Waals surface area contributed by atoms with E-state index in [-0.39, 0.29) is 18.2 Å². The van der Waals surface area contributed by atoms with E-state index in [1.54, 1.807) is 7.11 Å². The van der Waals surface area contributed by atoms with Crippen LogP contribution in [-0.2, 0) is 19.0 Å².